The van der Waals surface area contributed by atoms with E-state index in [4.69, 9.17) is 0 Å². The minimum atomic E-state index is -0.652. The number of nitrogens with zero attached hydrogens (tertiary/aromatic N) is 4. The topological polar surface area (TPSA) is 55.3 Å². The molecule has 1 unspecified atom stereocenters. The molecule has 0 saturated carbocycles. The fourth-order valence-corrected chi connectivity index (χ4v) is 2.80. The van der Waals surface area contributed by atoms with Crippen LogP contribution in [0.5, 0.6) is 0 Å². The van der Waals surface area contributed by atoms with Crippen molar-refractivity contribution in [3.8, 4) is 0 Å². The Balaban J connectivity index is 1.90. The number of aromatic nitrogens is 4. The number of hydrogen-bond acceptors (Lipinski definition) is 3. The molecule has 0 spiro atoms. The van der Waals surface area contributed by atoms with Crippen molar-refractivity contribution in [1.29, 1.82) is 0 Å². The zero-order chi connectivity index (χ0) is 14.3. The van der Waals surface area contributed by atoms with Crippen LogP contribution in [0, 0.1) is 6.92 Å². The molecule has 1 atom stereocenters. The van der Waals surface area contributed by atoms with Gasteiger partial charge in [-0.1, -0.05) is 6.07 Å². The molecule has 3 aromatic heterocycles. The molecular weight excluding hydrogens is 320 g/mol. The minimum Gasteiger partial charge on any atom is -0.386 e. The van der Waals surface area contributed by atoms with Gasteiger partial charge in [-0.15, -0.1) is 0 Å². The van der Waals surface area contributed by atoms with E-state index in [2.05, 4.69) is 26.0 Å². The van der Waals surface area contributed by atoms with Crippen LogP contribution in [0.2, 0.25) is 0 Å². The highest BCUT2D eigenvalue weighted by Gasteiger charge is 2.18. The van der Waals surface area contributed by atoms with Crippen LogP contribution < -0.4 is 0 Å². The van der Waals surface area contributed by atoms with Crippen LogP contribution in [0.1, 0.15) is 23.2 Å². The van der Waals surface area contributed by atoms with Gasteiger partial charge in [-0.05, 0) is 35.0 Å². The summed E-state index contributed by atoms with van der Waals surface area (Å²) in [5.74, 6) is 0. The molecular formula is C14H15BrN4O. The highest BCUT2D eigenvalue weighted by molar-refractivity contribution is 9.10. The van der Waals surface area contributed by atoms with E-state index in [0.717, 1.165) is 21.5 Å². The standard InChI is InChI=1S/C14H15BrN4O/c1-9-14(15)11(18(2)17-9)7-12(20)10-8-19-6-4-3-5-13(19)16-10/h3-6,8,12,20H,7H2,1-2H3. The van der Waals surface area contributed by atoms with Gasteiger partial charge in [-0.3, -0.25) is 4.68 Å². The lowest BCUT2D eigenvalue weighted by atomic mass is 10.1. The van der Waals surface area contributed by atoms with E-state index in [1.807, 2.05) is 49.0 Å². The lowest BCUT2D eigenvalue weighted by Gasteiger charge is -2.08. The molecule has 1 N–H and O–H groups in total. The summed E-state index contributed by atoms with van der Waals surface area (Å²) in [6.07, 6.45) is 3.60. The van der Waals surface area contributed by atoms with Gasteiger partial charge in [0.15, 0.2) is 0 Å². The number of aliphatic hydroxyl groups is 1. The maximum Gasteiger partial charge on any atom is 0.137 e. The Kier molecular flexibility index (Phi) is 3.35. The van der Waals surface area contributed by atoms with Crippen LogP contribution in [-0.4, -0.2) is 24.3 Å². The zero-order valence-corrected chi connectivity index (χ0v) is 12.9. The summed E-state index contributed by atoms with van der Waals surface area (Å²) in [6, 6.07) is 5.78. The quantitative estimate of drug-likeness (QED) is 0.800. The highest BCUT2D eigenvalue weighted by Crippen LogP contribution is 2.25. The van der Waals surface area contributed by atoms with Gasteiger partial charge in [0.1, 0.15) is 11.8 Å². The van der Waals surface area contributed by atoms with Gasteiger partial charge in [0.25, 0.3) is 0 Å². The molecule has 6 heteroatoms. The second-order valence-corrected chi connectivity index (χ2v) is 5.61. The molecule has 3 rings (SSSR count). The first-order chi connectivity index (χ1) is 9.56. The van der Waals surface area contributed by atoms with Gasteiger partial charge in [-0.25, -0.2) is 4.98 Å². The van der Waals surface area contributed by atoms with Crippen LogP contribution >= 0.6 is 15.9 Å². The Morgan fingerprint density at radius 2 is 2.20 bits per heavy atom. The molecule has 0 saturated heterocycles. The monoisotopic (exact) mass is 334 g/mol. The van der Waals surface area contributed by atoms with E-state index in [-0.39, 0.29) is 0 Å². The molecule has 20 heavy (non-hydrogen) atoms. The summed E-state index contributed by atoms with van der Waals surface area (Å²) in [5.41, 5.74) is 3.39. The van der Waals surface area contributed by atoms with Crippen LogP contribution in [0.3, 0.4) is 0 Å². The van der Waals surface area contributed by atoms with E-state index < -0.39 is 6.10 Å². The van der Waals surface area contributed by atoms with Gasteiger partial charge in [-0.2, -0.15) is 5.10 Å². The Hall–Kier alpha value is -1.66. The number of aliphatic hydroxyl groups excluding tert-OH is 1. The van der Waals surface area contributed by atoms with Crippen molar-refractivity contribution in [2.75, 3.05) is 0 Å². The molecule has 3 aromatic rings. The third-order valence-corrected chi connectivity index (χ3v) is 4.40. The second kappa shape index (κ2) is 5.03. The van der Waals surface area contributed by atoms with Crippen LogP contribution in [0.15, 0.2) is 35.1 Å². The molecule has 0 bridgehead atoms. The largest absolute Gasteiger partial charge is 0.386 e. The van der Waals surface area contributed by atoms with Crippen molar-refractivity contribution in [2.24, 2.45) is 7.05 Å². The first-order valence-electron chi connectivity index (χ1n) is 6.36. The Bertz CT molecular complexity index is 729. The molecule has 0 amide bonds. The van der Waals surface area contributed by atoms with Crippen LogP contribution in [-0.2, 0) is 13.5 Å². The van der Waals surface area contributed by atoms with Gasteiger partial charge < -0.3 is 9.51 Å². The van der Waals surface area contributed by atoms with E-state index in [1.165, 1.54) is 0 Å². The van der Waals surface area contributed by atoms with Gasteiger partial charge >= 0.3 is 0 Å². The van der Waals surface area contributed by atoms with E-state index in [1.54, 1.807) is 4.68 Å². The molecule has 0 aromatic carbocycles. The number of imidazole rings is 1. The van der Waals surface area contributed by atoms with Crippen molar-refractivity contribution in [2.45, 2.75) is 19.4 Å². The van der Waals surface area contributed by atoms with Gasteiger partial charge in [0.2, 0.25) is 0 Å². The normalized spacial score (nSPS) is 13.0. The van der Waals surface area contributed by atoms with Crippen molar-refractivity contribution >= 4 is 21.6 Å². The first-order valence-corrected chi connectivity index (χ1v) is 7.15. The summed E-state index contributed by atoms with van der Waals surface area (Å²) in [5, 5.41) is 14.7. The summed E-state index contributed by atoms with van der Waals surface area (Å²) < 4.78 is 4.64. The number of halogens is 1. The number of rotatable bonds is 3. The lowest BCUT2D eigenvalue weighted by Crippen LogP contribution is -2.07. The molecule has 5 nitrogen and oxygen atoms in total. The van der Waals surface area contributed by atoms with Crippen molar-refractivity contribution in [1.82, 2.24) is 19.2 Å². The second-order valence-electron chi connectivity index (χ2n) is 4.82. The maximum absolute atomic E-state index is 10.4. The molecule has 0 fully saturated rings. The van der Waals surface area contributed by atoms with Gasteiger partial charge in [0, 0.05) is 25.9 Å². The summed E-state index contributed by atoms with van der Waals surface area (Å²) in [7, 11) is 1.88. The molecule has 104 valence electrons. The molecule has 0 aliphatic carbocycles. The SMILES string of the molecule is Cc1nn(C)c(CC(O)c2cn3ccccc3n2)c1Br. The Morgan fingerprint density at radius 3 is 2.85 bits per heavy atom. The van der Waals surface area contributed by atoms with Crippen molar-refractivity contribution in [3.63, 3.8) is 0 Å². The van der Waals surface area contributed by atoms with E-state index in [0.29, 0.717) is 12.1 Å². The van der Waals surface area contributed by atoms with Gasteiger partial charge in [0.05, 0.1) is 21.6 Å². The third kappa shape index (κ3) is 2.25. The Morgan fingerprint density at radius 1 is 1.40 bits per heavy atom. The van der Waals surface area contributed by atoms with Crippen LogP contribution in [0.25, 0.3) is 5.65 Å². The van der Waals surface area contributed by atoms with E-state index >= 15 is 0 Å². The van der Waals surface area contributed by atoms with Crippen molar-refractivity contribution < 1.29 is 5.11 Å². The fraction of sp³-hybridized carbons (Fsp3) is 0.286. The molecule has 0 aliphatic heterocycles. The van der Waals surface area contributed by atoms with Crippen molar-refractivity contribution in [3.05, 3.63) is 52.1 Å². The first kappa shape index (κ1) is 13.3. The number of pyridine rings is 1. The van der Waals surface area contributed by atoms with Crippen LogP contribution in [0.4, 0.5) is 0 Å². The summed E-state index contributed by atoms with van der Waals surface area (Å²) in [6.45, 7) is 1.94. The number of fused-ring (bicyclic) bond motifs is 1. The molecule has 0 radical (unpaired) electrons. The summed E-state index contributed by atoms with van der Waals surface area (Å²) in [4.78, 5) is 4.44. The third-order valence-electron chi connectivity index (χ3n) is 3.37. The average molecular weight is 335 g/mol. The average Bonchev–Trinajstić information content (AvgIpc) is 2.95. The predicted molar refractivity (Wildman–Crippen MR) is 79.5 cm³/mol. The fourth-order valence-electron chi connectivity index (χ4n) is 2.30. The highest BCUT2D eigenvalue weighted by atomic mass is 79.9. The predicted octanol–water partition coefficient (Wildman–Crippen LogP) is 2.41. The maximum atomic E-state index is 10.4. The molecule has 3 heterocycles. The number of hydrogen-bond donors (Lipinski definition) is 1. The molecule has 0 aliphatic rings. The van der Waals surface area contributed by atoms with E-state index in [9.17, 15) is 5.11 Å². The Labute approximate surface area is 125 Å². The summed E-state index contributed by atoms with van der Waals surface area (Å²) >= 11 is 3.52. The zero-order valence-electron chi connectivity index (χ0n) is 11.3. The smallest absolute Gasteiger partial charge is 0.137 e. The number of aryl methyl sites for hydroxylation is 2. The lowest BCUT2D eigenvalue weighted by molar-refractivity contribution is 0.171. The minimum absolute atomic E-state index is 0.474.